The average molecular weight is 224 g/mol. The highest BCUT2D eigenvalue weighted by molar-refractivity contribution is 5.87. The van der Waals surface area contributed by atoms with Gasteiger partial charge in [0.25, 0.3) is 0 Å². The van der Waals surface area contributed by atoms with Crippen LogP contribution < -0.4 is 0 Å². The number of rotatable bonds is 2. The van der Waals surface area contributed by atoms with Gasteiger partial charge in [-0.15, -0.1) is 0 Å². The van der Waals surface area contributed by atoms with Crippen molar-refractivity contribution in [2.75, 3.05) is 19.8 Å². The lowest BCUT2D eigenvalue weighted by atomic mass is 10.3. The van der Waals surface area contributed by atoms with Crippen molar-refractivity contribution in [3.05, 3.63) is 0 Å². The minimum absolute atomic E-state index is 0.0375. The van der Waals surface area contributed by atoms with E-state index in [4.69, 9.17) is 0 Å². The second-order valence-corrected chi connectivity index (χ2v) is 3.27. The van der Waals surface area contributed by atoms with Gasteiger partial charge in [-0.05, 0) is 6.92 Å². The van der Waals surface area contributed by atoms with E-state index in [2.05, 4.69) is 0 Å². The van der Waals surface area contributed by atoms with Crippen molar-refractivity contribution in [3.63, 3.8) is 0 Å². The number of likely N-dealkylation sites (N-methyl/N-ethyl adjacent to an activating group) is 1. The van der Waals surface area contributed by atoms with Crippen molar-refractivity contribution in [2.24, 2.45) is 0 Å². The average Bonchev–Trinajstić information content (AvgIpc) is 2.43. The van der Waals surface area contributed by atoms with Crippen molar-refractivity contribution < 1.29 is 22.8 Å². The van der Waals surface area contributed by atoms with Crippen LogP contribution in [0.5, 0.6) is 0 Å². The smallest absolute Gasteiger partial charge is 0.324 e. The Kier molecular flexibility index (Phi) is 3.21. The fourth-order valence-electron chi connectivity index (χ4n) is 1.32. The number of hydrogen-bond acceptors (Lipinski definition) is 2. The van der Waals surface area contributed by atoms with Gasteiger partial charge in [-0.2, -0.15) is 13.2 Å². The first-order chi connectivity index (χ1) is 6.83. The molecule has 0 bridgehead atoms. The molecule has 0 aromatic rings. The first kappa shape index (κ1) is 11.8. The highest BCUT2D eigenvalue weighted by Crippen LogP contribution is 2.21. The standard InChI is InChI=1S/C8H11F3N2O2/c1-2-12-5-13(4-7(12)15)6(14)3-8(9,10)11/h2-5H2,1H3. The Morgan fingerprint density at radius 2 is 2.07 bits per heavy atom. The number of halogens is 3. The van der Waals surface area contributed by atoms with Gasteiger partial charge in [0.05, 0.1) is 6.67 Å². The molecule has 0 unspecified atom stereocenters. The molecule has 0 aromatic carbocycles. The number of carbonyl (C=O) groups excluding carboxylic acids is 2. The molecular formula is C8H11F3N2O2. The van der Waals surface area contributed by atoms with Crippen molar-refractivity contribution in [2.45, 2.75) is 19.5 Å². The van der Waals surface area contributed by atoms with Crippen LogP contribution in [0.4, 0.5) is 13.2 Å². The van der Waals surface area contributed by atoms with Crippen LogP contribution in [-0.4, -0.2) is 47.5 Å². The molecule has 7 heteroatoms. The monoisotopic (exact) mass is 224 g/mol. The lowest BCUT2D eigenvalue weighted by molar-refractivity contribution is -0.161. The second kappa shape index (κ2) is 4.08. The number of alkyl halides is 3. The van der Waals surface area contributed by atoms with Crippen LogP contribution in [0.25, 0.3) is 0 Å². The van der Waals surface area contributed by atoms with Crippen LogP contribution >= 0.6 is 0 Å². The van der Waals surface area contributed by atoms with E-state index in [1.807, 2.05) is 0 Å². The Hall–Kier alpha value is -1.27. The first-order valence-electron chi connectivity index (χ1n) is 4.46. The number of carbonyl (C=O) groups is 2. The summed E-state index contributed by atoms with van der Waals surface area (Å²) in [7, 11) is 0. The summed E-state index contributed by atoms with van der Waals surface area (Å²) in [4.78, 5) is 24.5. The molecule has 1 rings (SSSR count). The Bertz CT molecular complexity index is 278. The Morgan fingerprint density at radius 1 is 1.47 bits per heavy atom. The summed E-state index contributed by atoms with van der Waals surface area (Å²) in [5, 5.41) is 0. The third-order valence-corrected chi connectivity index (χ3v) is 2.11. The Labute approximate surface area is 84.6 Å². The normalized spacial score (nSPS) is 17.5. The predicted molar refractivity (Wildman–Crippen MR) is 44.6 cm³/mol. The van der Waals surface area contributed by atoms with Crippen LogP contribution in [0.3, 0.4) is 0 Å². The fraction of sp³-hybridized carbons (Fsp3) is 0.750. The summed E-state index contributed by atoms with van der Waals surface area (Å²) in [6, 6.07) is 0. The third kappa shape index (κ3) is 3.10. The van der Waals surface area contributed by atoms with Crippen LogP contribution in [0, 0.1) is 0 Å². The zero-order chi connectivity index (χ0) is 11.6. The van der Waals surface area contributed by atoms with Gasteiger partial charge in [0.2, 0.25) is 11.8 Å². The van der Waals surface area contributed by atoms with E-state index in [-0.39, 0.29) is 19.1 Å². The van der Waals surface area contributed by atoms with Gasteiger partial charge in [0, 0.05) is 6.54 Å². The van der Waals surface area contributed by atoms with E-state index < -0.39 is 18.5 Å². The molecule has 1 saturated heterocycles. The summed E-state index contributed by atoms with van der Waals surface area (Å²) in [5.41, 5.74) is 0. The van der Waals surface area contributed by atoms with Crippen molar-refractivity contribution in [1.82, 2.24) is 9.80 Å². The molecule has 1 aliphatic heterocycles. The lowest BCUT2D eigenvalue weighted by Crippen LogP contribution is -2.34. The summed E-state index contributed by atoms with van der Waals surface area (Å²) in [6.07, 6.45) is -6.02. The Balaban J connectivity index is 2.53. The Morgan fingerprint density at radius 3 is 2.47 bits per heavy atom. The van der Waals surface area contributed by atoms with Crippen molar-refractivity contribution in [1.29, 1.82) is 0 Å². The van der Waals surface area contributed by atoms with E-state index in [1.54, 1.807) is 6.92 Å². The van der Waals surface area contributed by atoms with E-state index in [0.717, 1.165) is 4.90 Å². The van der Waals surface area contributed by atoms with Gasteiger partial charge in [-0.1, -0.05) is 0 Å². The maximum Gasteiger partial charge on any atom is 0.397 e. The summed E-state index contributed by atoms with van der Waals surface area (Å²) in [6.45, 7) is 1.82. The molecule has 1 heterocycles. The molecule has 4 nitrogen and oxygen atoms in total. The molecule has 0 radical (unpaired) electrons. The number of nitrogens with zero attached hydrogens (tertiary/aromatic N) is 2. The molecule has 0 spiro atoms. The lowest BCUT2D eigenvalue weighted by Gasteiger charge is -2.17. The maximum absolute atomic E-state index is 11.9. The zero-order valence-corrected chi connectivity index (χ0v) is 8.17. The summed E-state index contributed by atoms with van der Waals surface area (Å²) >= 11 is 0. The van der Waals surface area contributed by atoms with Gasteiger partial charge in [-0.3, -0.25) is 9.59 Å². The van der Waals surface area contributed by atoms with E-state index in [0.29, 0.717) is 6.54 Å². The minimum Gasteiger partial charge on any atom is -0.324 e. The topological polar surface area (TPSA) is 40.6 Å². The zero-order valence-electron chi connectivity index (χ0n) is 8.17. The largest absolute Gasteiger partial charge is 0.397 e. The molecule has 15 heavy (non-hydrogen) atoms. The molecule has 0 aliphatic carbocycles. The van der Waals surface area contributed by atoms with E-state index in [1.165, 1.54) is 4.90 Å². The number of amides is 2. The number of hydrogen-bond donors (Lipinski definition) is 0. The first-order valence-corrected chi connectivity index (χ1v) is 4.46. The van der Waals surface area contributed by atoms with Gasteiger partial charge in [0.1, 0.15) is 13.0 Å². The molecule has 86 valence electrons. The van der Waals surface area contributed by atoms with Gasteiger partial charge in [-0.25, -0.2) is 0 Å². The molecule has 0 saturated carbocycles. The second-order valence-electron chi connectivity index (χ2n) is 3.27. The van der Waals surface area contributed by atoms with E-state index in [9.17, 15) is 22.8 Å². The van der Waals surface area contributed by atoms with Crippen molar-refractivity contribution in [3.8, 4) is 0 Å². The fourth-order valence-corrected chi connectivity index (χ4v) is 1.32. The molecule has 0 N–H and O–H groups in total. The molecule has 0 aromatic heterocycles. The summed E-state index contributed by atoms with van der Waals surface area (Å²) in [5.74, 6) is -1.36. The molecule has 2 amide bonds. The van der Waals surface area contributed by atoms with Crippen molar-refractivity contribution >= 4 is 11.8 Å². The van der Waals surface area contributed by atoms with Crippen LogP contribution in [-0.2, 0) is 9.59 Å². The summed E-state index contributed by atoms with van der Waals surface area (Å²) < 4.78 is 35.7. The molecule has 1 aliphatic rings. The minimum atomic E-state index is -4.51. The highest BCUT2D eigenvalue weighted by Gasteiger charge is 2.37. The van der Waals surface area contributed by atoms with Gasteiger partial charge >= 0.3 is 6.18 Å². The van der Waals surface area contributed by atoms with Gasteiger partial charge in [0.15, 0.2) is 0 Å². The van der Waals surface area contributed by atoms with Gasteiger partial charge < -0.3 is 9.80 Å². The maximum atomic E-state index is 11.9. The quantitative estimate of drug-likeness (QED) is 0.688. The highest BCUT2D eigenvalue weighted by atomic mass is 19.4. The molecule has 0 atom stereocenters. The predicted octanol–water partition coefficient (Wildman–Crippen LogP) is 0.587. The molecule has 1 fully saturated rings. The van der Waals surface area contributed by atoms with Crippen LogP contribution in [0.15, 0.2) is 0 Å². The SMILES string of the molecule is CCN1CN(C(=O)CC(F)(F)F)CC1=O. The van der Waals surface area contributed by atoms with E-state index >= 15 is 0 Å². The third-order valence-electron chi connectivity index (χ3n) is 2.11. The van der Waals surface area contributed by atoms with Crippen LogP contribution in [0.2, 0.25) is 0 Å². The molecular weight excluding hydrogens is 213 g/mol. The van der Waals surface area contributed by atoms with Crippen LogP contribution in [0.1, 0.15) is 13.3 Å².